The van der Waals surface area contributed by atoms with E-state index in [1.165, 1.54) is 5.56 Å². The lowest BCUT2D eigenvalue weighted by Crippen LogP contribution is -2.31. The molecule has 1 unspecified atom stereocenters. The van der Waals surface area contributed by atoms with Gasteiger partial charge in [-0.15, -0.1) is 0 Å². The van der Waals surface area contributed by atoms with Crippen LogP contribution in [0, 0.1) is 0 Å². The SMILES string of the molecule is Cn1cc(CCC2(O)CCNC2)cn1. The van der Waals surface area contributed by atoms with Gasteiger partial charge < -0.3 is 10.4 Å². The van der Waals surface area contributed by atoms with Crippen molar-refractivity contribution in [3.63, 3.8) is 0 Å². The summed E-state index contributed by atoms with van der Waals surface area (Å²) in [6.07, 6.45) is 6.47. The molecule has 1 aliphatic heterocycles. The fraction of sp³-hybridized carbons (Fsp3) is 0.700. The number of hydrogen-bond donors (Lipinski definition) is 2. The zero-order chi connectivity index (χ0) is 10.0. The molecule has 1 aromatic rings. The first-order valence-electron chi connectivity index (χ1n) is 5.09. The first-order chi connectivity index (χ1) is 6.68. The lowest BCUT2D eigenvalue weighted by Gasteiger charge is -2.20. The van der Waals surface area contributed by atoms with Crippen molar-refractivity contribution in [2.24, 2.45) is 7.05 Å². The van der Waals surface area contributed by atoms with E-state index < -0.39 is 5.60 Å². The summed E-state index contributed by atoms with van der Waals surface area (Å²) in [6.45, 7) is 1.66. The monoisotopic (exact) mass is 195 g/mol. The van der Waals surface area contributed by atoms with Crippen LogP contribution in [0.2, 0.25) is 0 Å². The molecule has 1 aromatic heterocycles. The molecule has 1 fully saturated rings. The number of rotatable bonds is 3. The van der Waals surface area contributed by atoms with Gasteiger partial charge in [-0.1, -0.05) is 0 Å². The Balaban J connectivity index is 1.87. The van der Waals surface area contributed by atoms with Crippen LogP contribution in [0.1, 0.15) is 18.4 Å². The molecule has 4 nitrogen and oxygen atoms in total. The van der Waals surface area contributed by atoms with Gasteiger partial charge in [-0.25, -0.2) is 0 Å². The van der Waals surface area contributed by atoms with Gasteiger partial charge in [-0.05, 0) is 31.4 Å². The van der Waals surface area contributed by atoms with Crippen molar-refractivity contribution in [2.45, 2.75) is 24.9 Å². The Hall–Kier alpha value is -0.870. The summed E-state index contributed by atoms with van der Waals surface area (Å²) in [5.41, 5.74) is 0.711. The Bertz CT molecular complexity index is 302. The van der Waals surface area contributed by atoms with Gasteiger partial charge in [0.2, 0.25) is 0 Å². The van der Waals surface area contributed by atoms with E-state index in [-0.39, 0.29) is 0 Å². The van der Waals surface area contributed by atoms with E-state index in [0.717, 1.165) is 32.4 Å². The molecule has 0 spiro atoms. The Labute approximate surface area is 83.9 Å². The Kier molecular flexibility index (Phi) is 2.56. The van der Waals surface area contributed by atoms with E-state index in [1.807, 2.05) is 19.4 Å². The predicted molar refractivity (Wildman–Crippen MR) is 54.0 cm³/mol. The fourth-order valence-electron chi connectivity index (χ4n) is 1.92. The number of aryl methyl sites for hydroxylation is 2. The highest BCUT2D eigenvalue weighted by molar-refractivity contribution is 5.05. The third-order valence-corrected chi connectivity index (χ3v) is 2.86. The second-order valence-corrected chi connectivity index (χ2v) is 4.17. The maximum atomic E-state index is 10.1. The van der Waals surface area contributed by atoms with E-state index in [2.05, 4.69) is 10.4 Å². The first kappa shape index (κ1) is 9.68. The van der Waals surface area contributed by atoms with E-state index in [0.29, 0.717) is 0 Å². The van der Waals surface area contributed by atoms with Crippen LogP contribution >= 0.6 is 0 Å². The smallest absolute Gasteiger partial charge is 0.0786 e. The minimum absolute atomic E-state index is 0.490. The lowest BCUT2D eigenvalue weighted by molar-refractivity contribution is 0.0526. The maximum Gasteiger partial charge on any atom is 0.0786 e. The van der Waals surface area contributed by atoms with Crippen LogP contribution in [0.25, 0.3) is 0 Å². The molecule has 2 heterocycles. The third-order valence-electron chi connectivity index (χ3n) is 2.86. The number of aliphatic hydroxyl groups is 1. The molecule has 0 amide bonds. The van der Waals surface area contributed by atoms with Crippen LogP contribution in [0.15, 0.2) is 12.4 Å². The summed E-state index contributed by atoms with van der Waals surface area (Å²) in [5.74, 6) is 0. The van der Waals surface area contributed by atoms with Gasteiger partial charge >= 0.3 is 0 Å². The summed E-state index contributed by atoms with van der Waals surface area (Å²) in [6, 6.07) is 0. The highest BCUT2D eigenvalue weighted by Crippen LogP contribution is 2.20. The molecule has 2 N–H and O–H groups in total. The van der Waals surface area contributed by atoms with Crippen molar-refractivity contribution in [3.05, 3.63) is 18.0 Å². The predicted octanol–water partition coefficient (Wildman–Crippen LogP) is 0.0771. The van der Waals surface area contributed by atoms with Crippen molar-refractivity contribution >= 4 is 0 Å². The quantitative estimate of drug-likeness (QED) is 0.718. The Morgan fingerprint density at radius 2 is 2.57 bits per heavy atom. The fourth-order valence-corrected chi connectivity index (χ4v) is 1.92. The van der Waals surface area contributed by atoms with Gasteiger partial charge in [0.25, 0.3) is 0 Å². The van der Waals surface area contributed by atoms with Crippen LogP contribution in [0.5, 0.6) is 0 Å². The number of nitrogens with one attached hydrogen (secondary N) is 1. The molecule has 4 heteroatoms. The number of β-amino-alcohol motifs (C(OH)–C–C–N with tert-alkyl or cyclic N) is 1. The van der Waals surface area contributed by atoms with E-state index in [1.54, 1.807) is 4.68 Å². The molecule has 0 radical (unpaired) electrons. The molecule has 0 aromatic carbocycles. The van der Waals surface area contributed by atoms with E-state index >= 15 is 0 Å². The molecule has 2 rings (SSSR count). The Morgan fingerprint density at radius 1 is 1.71 bits per heavy atom. The van der Waals surface area contributed by atoms with Crippen molar-refractivity contribution < 1.29 is 5.11 Å². The molecule has 0 saturated carbocycles. The first-order valence-corrected chi connectivity index (χ1v) is 5.09. The molecule has 1 atom stereocenters. The Morgan fingerprint density at radius 3 is 3.14 bits per heavy atom. The molecule has 0 bridgehead atoms. The molecule has 14 heavy (non-hydrogen) atoms. The van der Waals surface area contributed by atoms with E-state index in [9.17, 15) is 5.11 Å². The van der Waals surface area contributed by atoms with Crippen LogP contribution in [0.3, 0.4) is 0 Å². The van der Waals surface area contributed by atoms with E-state index in [4.69, 9.17) is 0 Å². The number of aromatic nitrogens is 2. The molecule has 1 aliphatic rings. The zero-order valence-corrected chi connectivity index (χ0v) is 8.53. The molecular formula is C10H17N3O. The topological polar surface area (TPSA) is 50.1 Å². The molecule has 1 saturated heterocycles. The molecular weight excluding hydrogens is 178 g/mol. The maximum absolute atomic E-state index is 10.1. The summed E-state index contributed by atoms with van der Waals surface area (Å²) < 4.78 is 1.80. The van der Waals surface area contributed by atoms with Crippen molar-refractivity contribution in [3.8, 4) is 0 Å². The largest absolute Gasteiger partial charge is 0.389 e. The minimum atomic E-state index is -0.490. The highest BCUT2D eigenvalue weighted by atomic mass is 16.3. The average molecular weight is 195 g/mol. The summed E-state index contributed by atoms with van der Waals surface area (Å²) in [7, 11) is 1.91. The summed E-state index contributed by atoms with van der Waals surface area (Å²) in [5, 5.41) is 17.4. The zero-order valence-electron chi connectivity index (χ0n) is 8.53. The second kappa shape index (κ2) is 3.71. The van der Waals surface area contributed by atoms with Crippen LogP contribution in [-0.2, 0) is 13.5 Å². The van der Waals surface area contributed by atoms with Crippen molar-refractivity contribution in [1.29, 1.82) is 0 Å². The number of hydrogen-bond acceptors (Lipinski definition) is 3. The van der Waals surface area contributed by atoms with Gasteiger partial charge in [0.15, 0.2) is 0 Å². The second-order valence-electron chi connectivity index (χ2n) is 4.17. The van der Waals surface area contributed by atoms with Gasteiger partial charge in [-0.3, -0.25) is 4.68 Å². The molecule has 78 valence electrons. The van der Waals surface area contributed by atoms with Crippen LogP contribution in [0.4, 0.5) is 0 Å². The third kappa shape index (κ3) is 2.13. The van der Waals surface area contributed by atoms with Crippen molar-refractivity contribution in [2.75, 3.05) is 13.1 Å². The highest BCUT2D eigenvalue weighted by Gasteiger charge is 2.30. The average Bonchev–Trinajstić information content (AvgIpc) is 2.73. The van der Waals surface area contributed by atoms with Gasteiger partial charge in [0, 0.05) is 19.8 Å². The van der Waals surface area contributed by atoms with Crippen LogP contribution < -0.4 is 5.32 Å². The number of nitrogens with zero attached hydrogens (tertiary/aromatic N) is 2. The normalized spacial score (nSPS) is 27.0. The molecule has 0 aliphatic carbocycles. The van der Waals surface area contributed by atoms with Gasteiger partial charge in [0.1, 0.15) is 0 Å². The van der Waals surface area contributed by atoms with Crippen LogP contribution in [-0.4, -0.2) is 33.6 Å². The summed E-state index contributed by atoms with van der Waals surface area (Å²) >= 11 is 0. The minimum Gasteiger partial charge on any atom is -0.389 e. The van der Waals surface area contributed by atoms with Gasteiger partial charge in [-0.2, -0.15) is 5.10 Å². The van der Waals surface area contributed by atoms with Crippen molar-refractivity contribution in [1.82, 2.24) is 15.1 Å². The standard InChI is InChI=1S/C10H17N3O/c1-13-7-9(6-12-13)2-3-10(14)4-5-11-8-10/h6-7,11,14H,2-5,8H2,1H3. The summed E-state index contributed by atoms with van der Waals surface area (Å²) in [4.78, 5) is 0. The lowest BCUT2D eigenvalue weighted by atomic mass is 9.95. The van der Waals surface area contributed by atoms with Gasteiger partial charge in [0.05, 0.1) is 11.8 Å².